The lowest BCUT2D eigenvalue weighted by Gasteiger charge is -2.38. The third-order valence-electron chi connectivity index (χ3n) is 4.03. The van der Waals surface area contributed by atoms with Crippen LogP contribution in [-0.4, -0.2) is 23.8 Å². The van der Waals surface area contributed by atoms with Crippen LogP contribution in [0.4, 0.5) is 0 Å². The van der Waals surface area contributed by atoms with Gasteiger partial charge in [-0.2, -0.15) is 0 Å². The summed E-state index contributed by atoms with van der Waals surface area (Å²) in [6.07, 6.45) is 10.8. The molecule has 106 valence electrons. The predicted octanol–water partition coefficient (Wildman–Crippen LogP) is 4.10. The fourth-order valence-electron chi connectivity index (χ4n) is 2.59. The van der Waals surface area contributed by atoms with E-state index in [1.807, 2.05) is 32.1 Å². The maximum Gasteiger partial charge on any atom is 0.166 e. The summed E-state index contributed by atoms with van der Waals surface area (Å²) in [5, 5.41) is 0. The quantitative estimate of drug-likeness (QED) is 0.710. The Kier molecular flexibility index (Phi) is 6.07. The molecule has 0 radical (unpaired) electrons. The van der Waals surface area contributed by atoms with Gasteiger partial charge in [0.25, 0.3) is 0 Å². The van der Waals surface area contributed by atoms with Gasteiger partial charge in [-0.25, -0.2) is 0 Å². The molecule has 19 heavy (non-hydrogen) atoms. The second-order valence-electron chi connectivity index (χ2n) is 5.42. The average molecular weight is 261 g/mol. The molecule has 0 N–H and O–H groups in total. The summed E-state index contributed by atoms with van der Waals surface area (Å²) in [6.45, 7) is 8.45. The molecule has 2 atom stereocenters. The molecule has 0 saturated carbocycles. The molecule has 1 saturated heterocycles. The van der Waals surface area contributed by atoms with E-state index in [9.17, 15) is 4.79 Å². The number of likely N-dealkylation sites (tertiary alicyclic amines) is 1. The zero-order valence-corrected chi connectivity index (χ0v) is 12.9. The van der Waals surface area contributed by atoms with Gasteiger partial charge < -0.3 is 4.90 Å². The molecule has 0 amide bonds. The summed E-state index contributed by atoms with van der Waals surface area (Å²) in [4.78, 5) is 14.6. The smallest absolute Gasteiger partial charge is 0.166 e. The summed E-state index contributed by atoms with van der Waals surface area (Å²) in [6, 6.07) is 0.344. The lowest BCUT2D eigenvalue weighted by Crippen LogP contribution is -2.40. The second-order valence-corrected chi connectivity index (χ2v) is 5.42. The van der Waals surface area contributed by atoms with Crippen LogP contribution in [-0.2, 0) is 4.79 Å². The standard InChI is InChI=1S/C17H27NO/c1-6-9-10-15-16(8-3)18(5)14(12-17(15)19)11-13(4)7-2/h6,8-10,13-14H,7,11-12H2,1-5H3/b9-6-,15-10+,16-8+. The number of carbonyl (C=O) groups excluding carboxylic acids is 1. The van der Waals surface area contributed by atoms with Crippen LogP contribution in [0.25, 0.3) is 0 Å². The van der Waals surface area contributed by atoms with Gasteiger partial charge in [0.1, 0.15) is 0 Å². The summed E-state index contributed by atoms with van der Waals surface area (Å²) < 4.78 is 0. The van der Waals surface area contributed by atoms with Crippen molar-refractivity contribution in [2.75, 3.05) is 7.05 Å². The van der Waals surface area contributed by atoms with Gasteiger partial charge in [0.15, 0.2) is 5.78 Å². The first-order valence-electron chi connectivity index (χ1n) is 7.30. The number of piperidine rings is 1. The third-order valence-corrected chi connectivity index (χ3v) is 4.03. The zero-order chi connectivity index (χ0) is 14.4. The van der Waals surface area contributed by atoms with Crippen LogP contribution in [0.15, 0.2) is 35.6 Å². The van der Waals surface area contributed by atoms with Gasteiger partial charge in [-0.1, -0.05) is 38.5 Å². The number of rotatable bonds is 4. The monoisotopic (exact) mass is 261 g/mol. The van der Waals surface area contributed by atoms with Gasteiger partial charge >= 0.3 is 0 Å². The van der Waals surface area contributed by atoms with Gasteiger partial charge in [-0.3, -0.25) is 4.79 Å². The number of allylic oxidation sites excluding steroid dienone is 5. The van der Waals surface area contributed by atoms with Crippen molar-refractivity contribution in [3.63, 3.8) is 0 Å². The maximum atomic E-state index is 12.3. The average Bonchev–Trinajstić information content (AvgIpc) is 2.40. The molecule has 2 unspecified atom stereocenters. The number of hydrogen-bond acceptors (Lipinski definition) is 2. The van der Waals surface area contributed by atoms with Crippen molar-refractivity contribution in [2.45, 2.75) is 53.0 Å². The van der Waals surface area contributed by atoms with Gasteiger partial charge in [-0.05, 0) is 32.3 Å². The van der Waals surface area contributed by atoms with Crippen LogP contribution < -0.4 is 0 Å². The van der Waals surface area contributed by atoms with E-state index < -0.39 is 0 Å². The number of Topliss-reactive ketones (excluding diaryl/α,β-unsaturated/α-hetero) is 1. The summed E-state index contributed by atoms with van der Waals surface area (Å²) in [5.74, 6) is 0.942. The summed E-state index contributed by atoms with van der Waals surface area (Å²) in [5.41, 5.74) is 1.92. The van der Waals surface area contributed by atoms with E-state index >= 15 is 0 Å². The molecule has 1 rings (SSSR count). The molecule has 0 aliphatic carbocycles. The highest BCUT2D eigenvalue weighted by Crippen LogP contribution is 2.30. The minimum absolute atomic E-state index is 0.276. The molecule has 0 aromatic rings. The van der Waals surface area contributed by atoms with Crippen molar-refractivity contribution >= 4 is 5.78 Å². The zero-order valence-electron chi connectivity index (χ0n) is 12.9. The molecule has 1 heterocycles. The first-order chi connectivity index (χ1) is 9.04. The van der Waals surface area contributed by atoms with Crippen LogP contribution in [0.1, 0.15) is 47.0 Å². The van der Waals surface area contributed by atoms with Crippen molar-refractivity contribution in [2.24, 2.45) is 5.92 Å². The van der Waals surface area contributed by atoms with Crippen molar-refractivity contribution in [3.05, 3.63) is 35.6 Å². The van der Waals surface area contributed by atoms with E-state index in [0.29, 0.717) is 18.4 Å². The Hall–Kier alpha value is -1.31. The Balaban J connectivity index is 2.96. The Morgan fingerprint density at radius 1 is 1.42 bits per heavy atom. The topological polar surface area (TPSA) is 20.3 Å². The van der Waals surface area contributed by atoms with Crippen LogP contribution in [0.3, 0.4) is 0 Å². The van der Waals surface area contributed by atoms with Gasteiger partial charge in [-0.15, -0.1) is 0 Å². The molecule has 0 aromatic carbocycles. The molecule has 0 aromatic heterocycles. The second kappa shape index (κ2) is 7.32. The van der Waals surface area contributed by atoms with Crippen LogP contribution in [0.2, 0.25) is 0 Å². The van der Waals surface area contributed by atoms with E-state index in [1.165, 1.54) is 6.42 Å². The van der Waals surface area contributed by atoms with Gasteiger partial charge in [0.2, 0.25) is 0 Å². The Morgan fingerprint density at radius 3 is 2.63 bits per heavy atom. The fourth-order valence-corrected chi connectivity index (χ4v) is 2.59. The Bertz CT molecular complexity index is 403. The minimum atomic E-state index is 0.276. The van der Waals surface area contributed by atoms with E-state index in [4.69, 9.17) is 0 Å². The SMILES string of the molecule is C\C=C/C=C1/C(=O)CC(CC(C)CC)N(C)/C1=C/C. The molecule has 2 heteroatoms. The van der Waals surface area contributed by atoms with E-state index in [-0.39, 0.29) is 5.78 Å². The van der Waals surface area contributed by atoms with Crippen molar-refractivity contribution in [1.29, 1.82) is 0 Å². The van der Waals surface area contributed by atoms with Crippen LogP contribution in [0, 0.1) is 5.92 Å². The summed E-state index contributed by atoms with van der Waals surface area (Å²) >= 11 is 0. The highest BCUT2D eigenvalue weighted by Gasteiger charge is 2.31. The maximum absolute atomic E-state index is 12.3. The van der Waals surface area contributed by atoms with Crippen LogP contribution in [0.5, 0.6) is 0 Å². The lowest BCUT2D eigenvalue weighted by molar-refractivity contribution is -0.117. The molecule has 0 spiro atoms. The van der Waals surface area contributed by atoms with Crippen molar-refractivity contribution in [1.82, 2.24) is 4.90 Å². The molecule has 1 aliphatic rings. The predicted molar refractivity (Wildman–Crippen MR) is 81.9 cm³/mol. The van der Waals surface area contributed by atoms with Crippen LogP contribution >= 0.6 is 0 Å². The molecule has 2 nitrogen and oxygen atoms in total. The molecular formula is C17H27NO. The number of hydrogen-bond donors (Lipinski definition) is 0. The largest absolute Gasteiger partial charge is 0.371 e. The first-order valence-corrected chi connectivity index (χ1v) is 7.30. The normalized spacial score (nSPS) is 26.7. The van der Waals surface area contributed by atoms with Crippen molar-refractivity contribution in [3.8, 4) is 0 Å². The minimum Gasteiger partial charge on any atom is -0.371 e. The number of ketones is 1. The number of carbonyl (C=O) groups is 1. The molecular weight excluding hydrogens is 234 g/mol. The molecule has 1 fully saturated rings. The van der Waals surface area contributed by atoms with Gasteiger partial charge in [0, 0.05) is 30.8 Å². The Labute approximate surface area is 117 Å². The molecule has 0 bridgehead atoms. The lowest BCUT2D eigenvalue weighted by atomic mass is 9.87. The number of likely N-dealkylation sites (N-methyl/N-ethyl adjacent to an activating group) is 1. The van der Waals surface area contributed by atoms with E-state index in [0.717, 1.165) is 17.7 Å². The van der Waals surface area contributed by atoms with E-state index in [1.54, 1.807) is 0 Å². The highest BCUT2D eigenvalue weighted by molar-refractivity contribution is 6.01. The van der Waals surface area contributed by atoms with Crippen molar-refractivity contribution < 1.29 is 4.79 Å². The Morgan fingerprint density at radius 2 is 2.11 bits per heavy atom. The number of nitrogens with zero attached hydrogens (tertiary/aromatic N) is 1. The third kappa shape index (κ3) is 3.82. The first kappa shape index (κ1) is 15.7. The molecule has 1 aliphatic heterocycles. The summed E-state index contributed by atoms with van der Waals surface area (Å²) in [7, 11) is 2.11. The van der Waals surface area contributed by atoms with Gasteiger partial charge in [0.05, 0.1) is 0 Å². The fraction of sp³-hybridized carbons (Fsp3) is 0.588. The highest BCUT2D eigenvalue weighted by atomic mass is 16.1. The van der Waals surface area contributed by atoms with E-state index in [2.05, 4.69) is 31.9 Å².